The Balaban J connectivity index is -0.000000445. The number of nitrogens with two attached hydrogens (primary N) is 1. The summed E-state index contributed by atoms with van der Waals surface area (Å²) < 4.78 is 0. The van der Waals surface area contributed by atoms with E-state index < -0.39 is 0 Å². The van der Waals surface area contributed by atoms with E-state index in [1.807, 2.05) is 13.8 Å². The molecule has 1 atom stereocenters. The van der Waals surface area contributed by atoms with Gasteiger partial charge in [-0.3, -0.25) is 0 Å². The van der Waals surface area contributed by atoms with Crippen LogP contribution >= 0.6 is 0 Å². The summed E-state index contributed by atoms with van der Waals surface area (Å²) in [6, 6.07) is 0. The van der Waals surface area contributed by atoms with E-state index in [1.165, 1.54) is 57.8 Å². The van der Waals surface area contributed by atoms with Gasteiger partial charge < -0.3 is 10.6 Å². The highest BCUT2D eigenvalue weighted by atomic mass is 15.1. The molecule has 0 fully saturated rings. The average molecular weight is 273 g/mol. The van der Waals surface area contributed by atoms with Crippen LogP contribution in [0, 0.1) is 5.92 Å². The Labute approximate surface area is 123 Å². The van der Waals surface area contributed by atoms with Crippen molar-refractivity contribution >= 4 is 0 Å². The van der Waals surface area contributed by atoms with Crippen LogP contribution in [-0.2, 0) is 0 Å². The molecule has 0 aliphatic heterocycles. The molecular weight excluding hydrogens is 232 g/mol. The lowest BCUT2D eigenvalue weighted by Gasteiger charge is -2.18. The molecule has 0 rings (SSSR count). The van der Waals surface area contributed by atoms with Crippen LogP contribution in [-0.4, -0.2) is 25.0 Å². The summed E-state index contributed by atoms with van der Waals surface area (Å²) in [5.74, 6) is 0.896. The fraction of sp³-hybridized carbons (Fsp3) is 0.882. The molecule has 19 heavy (non-hydrogen) atoms. The number of hydrogen-bond donors (Lipinski definition) is 1. The van der Waals surface area contributed by atoms with Gasteiger partial charge in [-0.25, -0.2) is 0 Å². The Hall–Kier alpha value is -0.500. The predicted molar refractivity (Wildman–Crippen MR) is 91.4 cm³/mol. The van der Waals surface area contributed by atoms with E-state index in [4.69, 9.17) is 0 Å². The van der Waals surface area contributed by atoms with Gasteiger partial charge in [0.15, 0.2) is 0 Å². The monoisotopic (exact) mass is 272 g/mol. The first-order valence-corrected chi connectivity index (χ1v) is 8.13. The highest BCUT2D eigenvalue weighted by Crippen LogP contribution is 2.07. The maximum Gasteiger partial charge on any atom is -0.00193 e. The van der Waals surface area contributed by atoms with Crippen molar-refractivity contribution in [2.24, 2.45) is 11.7 Å². The lowest BCUT2D eigenvalue weighted by Crippen LogP contribution is -2.22. The van der Waals surface area contributed by atoms with Crippen molar-refractivity contribution in [3.63, 3.8) is 0 Å². The van der Waals surface area contributed by atoms with Crippen molar-refractivity contribution < 1.29 is 0 Å². The summed E-state index contributed by atoms with van der Waals surface area (Å²) in [4.78, 5) is 2.49. The fourth-order valence-corrected chi connectivity index (χ4v) is 1.57. The Bertz CT molecular complexity index is 146. The number of rotatable bonds is 9. The topological polar surface area (TPSA) is 29.3 Å². The van der Waals surface area contributed by atoms with Crippen molar-refractivity contribution in [1.82, 2.24) is 4.90 Å². The average Bonchev–Trinajstić information content (AvgIpc) is 2.44. The van der Waals surface area contributed by atoms with Crippen LogP contribution in [0.5, 0.6) is 0 Å². The Kier molecular flexibility index (Phi) is 28.1. The Morgan fingerprint density at radius 1 is 1.11 bits per heavy atom. The second-order valence-electron chi connectivity index (χ2n) is 4.90. The van der Waals surface area contributed by atoms with Gasteiger partial charge in [-0.1, -0.05) is 66.9 Å². The van der Waals surface area contributed by atoms with Gasteiger partial charge in [0.25, 0.3) is 0 Å². The first-order valence-electron chi connectivity index (χ1n) is 8.13. The zero-order chi connectivity index (χ0) is 15.5. The molecule has 0 heterocycles. The summed E-state index contributed by atoms with van der Waals surface area (Å²) in [5, 5.41) is 0. The third-order valence-corrected chi connectivity index (χ3v) is 3.09. The van der Waals surface area contributed by atoms with Gasteiger partial charge in [-0.2, -0.15) is 0 Å². The van der Waals surface area contributed by atoms with Crippen LogP contribution in [0.15, 0.2) is 12.8 Å². The molecule has 0 aliphatic carbocycles. The zero-order valence-corrected chi connectivity index (χ0v) is 14.5. The van der Waals surface area contributed by atoms with E-state index >= 15 is 0 Å². The molecule has 2 heteroatoms. The third-order valence-electron chi connectivity index (χ3n) is 3.09. The summed E-state index contributed by atoms with van der Waals surface area (Å²) >= 11 is 0. The summed E-state index contributed by atoms with van der Waals surface area (Å²) in [6.45, 7) is 16.6. The minimum absolute atomic E-state index is 0.896. The molecule has 2 nitrogen and oxygen atoms in total. The minimum atomic E-state index is 0.896. The molecule has 0 saturated heterocycles. The van der Waals surface area contributed by atoms with Crippen LogP contribution in [0.3, 0.4) is 0 Å². The molecule has 1 unspecified atom stereocenters. The van der Waals surface area contributed by atoms with E-state index in [0.717, 1.165) is 5.92 Å². The van der Waals surface area contributed by atoms with E-state index in [9.17, 15) is 0 Å². The molecule has 118 valence electrons. The van der Waals surface area contributed by atoms with Gasteiger partial charge in [0.1, 0.15) is 0 Å². The number of nitrogens with zero attached hydrogens (tertiary/aromatic N) is 1. The summed E-state index contributed by atoms with van der Waals surface area (Å²) in [5.41, 5.74) is 4.61. The Morgan fingerprint density at radius 3 is 2.05 bits per heavy atom. The first-order chi connectivity index (χ1) is 9.12. The normalized spacial score (nSPS) is 10.9. The quantitative estimate of drug-likeness (QED) is 0.595. The van der Waals surface area contributed by atoms with Crippen molar-refractivity contribution in [3.8, 4) is 0 Å². The third kappa shape index (κ3) is 26.9. The molecule has 0 amide bonds. The predicted octanol–water partition coefficient (Wildman–Crippen LogP) is 5.05. The van der Waals surface area contributed by atoms with Gasteiger partial charge in [0.2, 0.25) is 0 Å². The van der Waals surface area contributed by atoms with Crippen LogP contribution in [0.2, 0.25) is 0 Å². The molecule has 0 aromatic heterocycles. The van der Waals surface area contributed by atoms with Crippen molar-refractivity contribution in [1.29, 1.82) is 0 Å². The molecule has 0 aromatic carbocycles. The van der Waals surface area contributed by atoms with Crippen LogP contribution < -0.4 is 5.73 Å². The van der Waals surface area contributed by atoms with Crippen molar-refractivity contribution in [3.05, 3.63) is 12.8 Å². The van der Waals surface area contributed by atoms with Gasteiger partial charge in [0, 0.05) is 0 Å². The van der Waals surface area contributed by atoms with Crippen molar-refractivity contribution in [2.75, 3.05) is 20.1 Å². The molecular formula is C17H40N2. The minimum Gasteiger partial charge on any atom is -0.405 e. The summed E-state index contributed by atoms with van der Waals surface area (Å²) in [7, 11) is 2.26. The highest BCUT2D eigenvalue weighted by Gasteiger charge is 2.02. The molecule has 0 radical (unpaired) electrons. The van der Waals surface area contributed by atoms with Crippen molar-refractivity contribution in [2.45, 2.75) is 73.1 Å². The molecule has 0 saturated carbocycles. The van der Waals surface area contributed by atoms with E-state index in [1.54, 1.807) is 0 Å². The second kappa shape index (κ2) is 22.7. The van der Waals surface area contributed by atoms with Gasteiger partial charge in [0.05, 0.1) is 0 Å². The second-order valence-corrected chi connectivity index (χ2v) is 4.90. The molecule has 0 aromatic rings. The molecule has 0 aliphatic rings. The highest BCUT2D eigenvalue weighted by molar-refractivity contribution is 4.56. The van der Waals surface area contributed by atoms with E-state index in [2.05, 4.69) is 45.0 Å². The smallest absolute Gasteiger partial charge is 0.00193 e. The van der Waals surface area contributed by atoms with Crippen LogP contribution in [0.25, 0.3) is 0 Å². The SMILES string of the molecule is C=CN.CC.CCCCCCN(C)CCC(C)CC. The maximum absolute atomic E-state index is 4.61. The lowest BCUT2D eigenvalue weighted by molar-refractivity contribution is 0.296. The largest absolute Gasteiger partial charge is 0.405 e. The molecule has 0 bridgehead atoms. The number of hydrogen-bond acceptors (Lipinski definition) is 2. The lowest BCUT2D eigenvalue weighted by atomic mass is 10.1. The first kappa shape index (κ1) is 23.6. The van der Waals surface area contributed by atoms with Crippen LogP contribution in [0.1, 0.15) is 73.1 Å². The van der Waals surface area contributed by atoms with Gasteiger partial charge in [-0.05, 0) is 45.1 Å². The van der Waals surface area contributed by atoms with E-state index in [0.29, 0.717) is 0 Å². The van der Waals surface area contributed by atoms with Crippen LogP contribution in [0.4, 0.5) is 0 Å². The van der Waals surface area contributed by atoms with Gasteiger partial charge in [-0.15, -0.1) is 0 Å². The molecule has 2 N–H and O–H groups in total. The van der Waals surface area contributed by atoms with E-state index in [-0.39, 0.29) is 0 Å². The maximum atomic E-state index is 4.61. The Morgan fingerprint density at radius 2 is 1.63 bits per heavy atom. The zero-order valence-electron chi connectivity index (χ0n) is 14.5. The fourth-order valence-electron chi connectivity index (χ4n) is 1.57. The van der Waals surface area contributed by atoms with Gasteiger partial charge >= 0.3 is 0 Å². The standard InChI is InChI=1S/C13H29N.C2H5N.C2H6/c1-5-7-8-9-11-14(4)12-10-13(3)6-2;1-2-3;1-2/h13H,5-12H2,1-4H3;2H,1,3H2;1-2H3. The molecule has 0 spiro atoms. The number of unbranched alkanes of at least 4 members (excludes halogenated alkanes) is 3. The summed E-state index contributed by atoms with van der Waals surface area (Å²) in [6.07, 6.45) is 9.47.